The van der Waals surface area contributed by atoms with Crippen LogP contribution in [0.1, 0.15) is 33.6 Å². The number of hydrogen-bond acceptors (Lipinski definition) is 4. The van der Waals surface area contributed by atoms with Gasteiger partial charge in [0.1, 0.15) is 0 Å². The van der Waals surface area contributed by atoms with Crippen LogP contribution in [0.2, 0.25) is 0 Å². The number of esters is 2. The zero-order valence-electron chi connectivity index (χ0n) is 9.04. The van der Waals surface area contributed by atoms with Crippen molar-refractivity contribution < 1.29 is 19.1 Å². The van der Waals surface area contributed by atoms with Crippen LogP contribution in [0.5, 0.6) is 0 Å². The molecule has 82 valence electrons. The van der Waals surface area contributed by atoms with Crippen LogP contribution in [0.3, 0.4) is 0 Å². The minimum atomic E-state index is -0.812. The third-order valence-corrected chi connectivity index (χ3v) is 1.60. The van der Waals surface area contributed by atoms with E-state index in [4.69, 9.17) is 9.47 Å². The summed E-state index contributed by atoms with van der Waals surface area (Å²) >= 11 is 0. The summed E-state index contributed by atoms with van der Waals surface area (Å²) in [7, 11) is 0. The Balaban J connectivity index is 3.85. The van der Waals surface area contributed by atoms with Gasteiger partial charge in [0.2, 0.25) is 0 Å². The number of carbonyl (C=O) groups excluding carboxylic acids is 2. The van der Waals surface area contributed by atoms with E-state index in [9.17, 15) is 9.59 Å². The average molecular weight is 202 g/mol. The molecule has 0 spiro atoms. The van der Waals surface area contributed by atoms with Gasteiger partial charge in [-0.2, -0.15) is 0 Å². The van der Waals surface area contributed by atoms with E-state index in [1.807, 2.05) is 13.8 Å². The highest BCUT2D eigenvalue weighted by Gasteiger charge is 2.23. The standard InChI is InChI=1S/C10H18O4/c1-4-6-13-9(11)8(3)10(12)14-7-5-2/h8H,4-7H2,1-3H3. The smallest absolute Gasteiger partial charge is 0.320 e. The summed E-state index contributed by atoms with van der Waals surface area (Å²) in [5.74, 6) is -1.82. The molecule has 0 radical (unpaired) electrons. The summed E-state index contributed by atoms with van der Waals surface area (Å²) in [4.78, 5) is 22.4. The van der Waals surface area contributed by atoms with E-state index in [2.05, 4.69) is 0 Å². The van der Waals surface area contributed by atoms with Crippen LogP contribution < -0.4 is 0 Å². The summed E-state index contributed by atoms with van der Waals surface area (Å²) in [5, 5.41) is 0. The number of rotatable bonds is 6. The van der Waals surface area contributed by atoms with Gasteiger partial charge in [0.15, 0.2) is 5.92 Å². The largest absolute Gasteiger partial charge is 0.465 e. The molecular formula is C10H18O4. The third kappa shape index (κ3) is 4.84. The van der Waals surface area contributed by atoms with Crippen molar-refractivity contribution in [2.24, 2.45) is 5.92 Å². The van der Waals surface area contributed by atoms with Crippen LogP contribution in [0.4, 0.5) is 0 Å². The molecule has 0 aromatic rings. The fraction of sp³-hybridized carbons (Fsp3) is 0.800. The van der Waals surface area contributed by atoms with Crippen molar-refractivity contribution in [2.45, 2.75) is 33.6 Å². The fourth-order valence-electron chi connectivity index (χ4n) is 0.752. The Labute approximate surface area is 84.6 Å². The lowest BCUT2D eigenvalue weighted by Gasteiger charge is -2.10. The molecule has 0 aliphatic carbocycles. The second-order valence-corrected chi connectivity index (χ2v) is 3.06. The molecule has 0 heterocycles. The lowest BCUT2D eigenvalue weighted by atomic mass is 10.2. The topological polar surface area (TPSA) is 52.6 Å². The molecular weight excluding hydrogens is 184 g/mol. The first-order valence-electron chi connectivity index (χ1n) is 4.96. The summed E-state index contributed by atoms with van der Waals surface area (Å²) in [6, 6.07) is 0. The Kier molecular flexibility index (Phi) is 6.80. The van der Waals surface area contributed by atoms with Crippen molar-refractivity contribution >= 4 is 11.9 Å². The maximum atomic E-state index is 11.2. The molecule has 4 heteroatoms. The van der Waals surface area contributed by atoms with E-state index < -0.39 is 17.9 Å². The van der Waals surface area contributed by atoms with Crippen LogP contribution in [-0.2, 0) is 19.1 Å². The van der Waals surface area contributed by atoms with Crippen molar-refractivity contribution in [3.63, 3.8) is 0 Å². The number of carbonyl (C=O) groups is 2. The van der Waals surface area contributed by atoms with Crippen molar-refractivity contribution in [1.29, 1.82) is 0 Å². The first-order chi connectivity index (χ1) is 6.63. The minimum absolute atomic E-state index is 0.351. The third-order valence-electron chi connectivity index (χ3n) is 1.60. The second-order valence-electron chi connectivity index (χ2n) is 3.06. The average Bonchev–Trinajstić information content (AvgIpc) is 2.21. The molecule has 0 bridgehead atoms. The number of ether oxygens (including phenoxy) is 2. The van der Waals surface area contributed by atoms with E-state index in [1.54, 1.807) is 0 Å². The lowest BCUT2D eigenvalue weighted by Crippen LogP contribution is -2.25. The van der Waals surface area contributed by atoms with E-state index >= 15 is 0 Å². The molecule has 0 N–H and O–H groups in total. The molecule has 0 rings (SSSR count). The highest BCUT2D eigenvalue weighted by molar-refractivity contribution is 5.94. The lowest BCUT2D eigenvalue weighted by molar-refractivity contribution is -0.161. The Morgan fingerprint density at radius 2 is 1.36 bits per heavy atom. The van der Waals surface area contributed by atoms with Crippen molar-refractivity contribution in [3.8, 4) is 0 Å². The minimum Gasteiger partial charge on any atom is -0.465 e. The zero-order chi connectivity index (χ0) is 11.0. The van der Waals surface area contributed by atoms with Gasteiger partial charge >= 0.3 is 11.9 Å². The highest BCUT2D eigenvalue weighted by Crippen LogP contribution is 2.02. The maximum absolute atomic E-state index is 11.2. The molecule has 0 saturated carbocycles. The van der Waals surface area contributed by atoms with Crippen LogP contribution in [0.15, 0.2) is 0 Å². The molecule has 0 unspecified atom stereocenters. The van der Waals surface area contributed by atoms with E-state index in [0.29, 0.717) is 13.2 Å². The predicted octanol–water partition coefficient (Wildman–Crippen LogP) is 1.53. The molecule has 0 aliphatic heterocycles. The molecule has 0 amide bonds. The van der Waals surface area contributed by atoms with E-state index in [-0.39, 0.29) is 0 Å². The molecule has 0 saturated heterocycles. The van der Waals surface area contributed by atoms with Gasteiger partial charge in [0.25, 0.3) is 0 Å². The summed E-state index contributed by atoms with van der Waals surface area (Å²) in [6.45, 7) is 5.99. The second kappa shape index (κ2) is 7.35. The summed E-state index contributed by atoms with van der Waals surface area (Å²) < 4.78 is 9.63. The van der Waals surface area contributed by atoms with Gasteiger partial charge in [0, 0.05) is 0 Å². The zero-order valence-corrected chi connectivity index (χ0v) is 9.04. The summed E-state index contributed by atoms with van der Waals surface area (Å²) in [5.41, 5.74) is 0. The number of hydrogen-bond donors (Lipinski definition) is 0. The molecule has 0 aromatic carbocycles. The van der Waals surface area contributed by atoms with Crippen molar-refractivity contribution in [2.75, 3.05) is 13.2 Å². The molecule has 4 nitrogen and oxygen atoms in total. The first kappa shape index (κ1) is 12.9. The van der Waals surface area contributed by atoms with Gasteiger partial charge in [0.05, 0.1) is 13.2 Å². The molecule has 14 heavy (non-hydrogen) atoms. The molecule has 0 atom stereocenters. The van der Waals surface area contributed by atoms with E-state index in [1.165, 1.54) is 6.92 Å². The molecule has 0 fully saturated rings. The SMILES string of the molecule is CCCOC(=O)C(C)C(=O)OCCC. The van der Waals surface area contributed by atoms with Gasteiger partial charge in [-0.15, -0.1) is 0 Å². The molecule has 0 aliphatic rings. The Bertz CT molecular complexity index is 169. The Morgan fingerprint density at radius 3 is 1.64 bits per heavy atom. The van der Waals surface area contributed by atoms with Crippen molar-refractivity contribution in [1.82, 2.24) is 0 Å². The van der Waals surface area contributed by atoms with E-state index in [0.717, 1.165) is 12.8 Å². The fourth-order valence-corrected chi connectivity index (χ4v) is 0.752. The normalized spacial score (nSPS) is 10.0. The van der Waals surface area contributed by atoms with Crippen molar-refractivity contribution in [3.05, 3.63) is 0 Å². The quantitative estimate of drug-likeness (QED) is 0.484. The van der Waals surface area contributed by atoms with Gasteiger partial charge in [-0.3, -0.25) is 9.59 Å². The molecule has 0 aromatic heterocycles. The van der Waals surface area contributed by atoms with Gasteiger partial charge < -0.3 is 9.47 Å². The maximum Gasteiger partial charge on any atom is 0.320 e. The van der Waals surface area contributed by atoms with Crippen LogP contribution in [0, 0.1) is 5.92 Å². The van der Waals surface area contributed by atoms with Crippen LogP contribution in [-0.4, -0.2) is 25.2 Å². The van der Waals surface area contributed by atoms with Gasteiger partial charge in [-0.25, -0.2) is 0 Å². The predicted molar refractivity (Wildman–Crippen MR) is 51.7 cm³/mol. The van der Waals surface area contributed by atoms with Gasteiger partial charge in [-0.05, 0) is 19.8 Å². The monoisotopic (exact) mass is 202 g/mol. The van der Waals surface area contributed by atoms with Gasteiger partial charge in [-0.1, -0.05) is 13.8 Å². The first-order valence-corrected chi connectivity index (χ1v) is 4.96. The Morgan fingerprint density at radius 1 is 1.00 bits per heavy atom. The summed E-state index contributed by atoms with van der Waals surface area (Å²) in [6.07, 6.45) is 1.50. The Hall–Kier alpha value is -1.06. The highest BCUT2D eigenvalue weighted by atomic mass is 16.6. The van der Waals surface area contributed by atoms with Crippen LogP contribution in [0.25, 0.3) is 0 Å². The van der Waals surface area contributed by atoms with Crippen LogP contribution >= 0.6 is 0 Å².